The molecule has 0 saturated heterocycles. The molecule has 4 rings (SSSR count). The second kappa shape index (κ2) is 7.41. The zero-order valence-corrected chi connectivity index (χ0v) is 17.0. The maximum atomic E-state index is 13.4. The third-order valence-electron chi connectivity index (χ3n) is 4.75. The number of amides is 1. The summed E-state index contributed by atoms with van der Waals surface area (Å²) < 4.78 is 25.5. The van der Waals surface area contributed by atoms with Gasteiger partial charge in [0.05, 0.1) is 12.3 Å². The van der Waals surface area contributed by atoms with Gasteiger partial charge in [0, 0.05) is 22.7 Å². The zero-order valence-electron chi connectivity index (χ0n) is 15.3. The summed E-state index contributed by atoms with van der Waals surface area (Å²) in [6.45, 7) is 0.621. The van der Waals surface area contributed by atoms with Crippen LogP contribution < -0.4 is 4.72 Å². The quantitative estimate of drug-likeness (QED) is 0.707. The summed E-state index contributed by atoms with van der Waals surface area (Å²) in [7, 11) is -3.40. The van der Waals surface area contributed by atoms with Gasteiger partial charge in [0.15, 0.2) is 0 Å². The molecular weight excluding hydrogens is 392 g/mol. The van der Waals surface area contributed by atoms with Gasteiger partial charge in [-0.3, -0.25) is 9.52 Å². The van der Waals surface area contributed by atoms with Gasteiger partial charge in [0.1, 0.15) is 0 Å². The number of carbonyl (C=O) groups excluding carboxylic acids is 1. The molecule has 1 aromatic heterocycles. The third kappa shape index (κ3) is 3.81. The largest absolute Gasteiger partial charge is 0.327 e. The topological polar surface area (TPSA) is 66.5 Å². The van der Waals surface area contributed by atoms with Crippen LogP contribution >= 0.6 is 11.3 Å². The highest BCUT2D eigenvalue weighted by molar-refractivity contribution is 7.92. The molecule has 3 aromatic rings. The summed E-state index contributed by atoms with van der Waals surface area (Å²) in [5, 5.41) is 2.07. The van der Waals surface area contributed by atoms with E-state index in [2.05, 4.69) is 16.2 Å². The Morgan fingerprint density at radius 3 is 2.64 bits per heavy atom. The second-order valence-electron chi connectivity index (χ2n) is 6.82. The molecule has 0 fully saturated rings. The van der Waals surface area contributed by atoms with Crippen molar-refractivity contribution in [2.45, 2.75) is 12.5 Å². The molecule has 0 bridgehead atoms. The van der Waals surface area contributed by atoms with Crippen LogP contribution in [-0.2, 0) is 16.4 Å². The van der Waals surface area contributed by atoms with Crippen molar-refractivity contribution in [2.24, 2.45) is 0 Å². The first-order valence-corrected chi connectivity index (χ1v) is 11.7. The van der Waals surface area contributed by atoms with Crippen LogP contribution in [0.15, 0.2) is 66.0 Å². The predicted molar refractivity (Wildman–Crippen MR) is 112 cm³/mol. The van der Waals surface area contributed by atoms with Gasteiger partial charge in [-0.1, -0.05) is 36.4 Å². The van der Waals surface area contributed by atoms with E-state index in [1.54, 1.807) is 35.6 Å². The Morgan fingerprint density at radius 1 is 1.11 bits per heavy atom. The lowest BCUT2D eigenvalue weighted by molar-refractivity contribution is 0.0696. The Bertz CT molecular complexity index is 1110. The molecule has 144 valence electrons. The monoisotopic (exact) mass is 412 g/mol. The first-order chi connectivity index (χ1) is 13.4. The highest BCUT2D eigenvalue weighted by atomic mass is 32.2. The highest BCUT2D eigenvalue weighted by Gasteiger charge is 2.33. The predicted octanol–water partition coefficient (Wildman–Crippen LogP) is 3.91. The van der Waals surface area contributed by atoms with E-state index in [9.17, 15) is 13.2 Å². The first kappa shape index (κ1) is 18.7. The average molecular weight is 413 g/mol. The van der Waals surface area contributed by atoms with Crippen LogP contribution in [0.4, 0.5) is 5.69 Å². The Balaban J connectivity index is 1.71. The number of hydrogen-bond donors (Lipinski definition) is 1. The summed E-state index contributed by atoms with van der Waals surface area (Å²) in [5.41, 5.74) is 3.09. The van der Waals surface area contributed by atoms with E-state index in [4.69, 9.17) is 0 Å². The summed E-state index contributed by atoms with van der Waals surface area (Å²) in [4.78, 5) is 16.6. The SMILES string of the molecule is CS(=O)(=O)Nc1cccc(C(=O)N2CCc3sccc3C2c2ccccc2)c1. The van der Waals surface area contributed by atoms with E-state index in [-0.39, 0.29) is 11.9 Å². The third-order valence-corrected chi connectivity index (χ3v) is 6.36. The van der Waals surface area contributed by atoms with Gasteiger partial charge in [0.2, 0.25) is 10.0 Å². The number of nitrogens with zero attached hydrogens (tertiary/aromatic N) is 1. The molecule has 0 aliphatic carbocycles. The van der Waals surface area contributed by atoms with Gasteiger partial charge in [-0.05, 0) is 47.2 Å². The van der Waals surface area contributed by atoms with E-state index in [1.165, 1.54) is 10.4 Å². The van der Waals surface area contributed by atoms with E-state index < -0.39 is 10.0 Å². The van der Waals surface area contributed by atoms with Gasteiger partial charge < -0.3 is 4.90 Å². The molecule has 0 radical (unpaired) electrons. The number of rotatable bonds is 4. The van der Waals surface area contributed by atoms with E-state index in [1.807, 2.05) is 35.2 Å². The van der Waals surface area contributed by atoms with Crippen molar-refractivity contribution in [3.05, 3.63) is 87.6 Å². The van der Waals surface area contributed by atoms with Crippen molar-refractivity contribution in [1.29, 1.82) is 0 Å². The van der Waals surface area contributed by atoms with E-state index in [0.717, 1.165) is 18.2 Å². The van der Waals surface area contributed by atoms with Crippen molar-refractivity contribution < 1.29 is 13.2 Å². The smallest absolute Gasteiger partial charge is 0.254 e. The number of nitrogens with one attached hydrogen (secondary N) is 1. The maximum Gasteiger partial charge on any atom is 0.254 e. The Labute approximate surface area is 168 Å². The van der Waals surface area contributed by atoms with Crippen LogP contribution in [0, 0.1) is 0 Å². The van der Waals surface area contributed by atoms with Crippen LogP contribution in [0.3, 0.4) is 0 Å². The Morgan fingerprint density at radius 2 is 1.89 bits per heavy atom. The van der Waals surface area contributed by atoms with Gasteiger partial charge >= 0.3 is 0 Å². The fourth-order valence-corrected chi connectivity index (χ4v) is 5.08. The number of thiophene rings is 1. The standard InChI is InChI=1S/C21H20N2O3S2/c1-28(25,26)22-17-9-5-8-16(14-17)21(24)23-12-10-19-18(11-13-27-19)20(23)15-6-3-2-4-7-15/h2-9,11,13-14,20,22H,10,12H2,1H3. The Kier molecular flexibility index (Phi) is 4.95. The van der Waals surface area contributed by atoms with E-state index in [0.29, 0.717) is 17.8 Å². The molecule has 5 nitrogen and oxygen atoms in total. The lowest BCUT2D eigenvalue weighted by atomic mass is 9.92. The number of fused-ring (bicyclic) bond motifs is 1. The second-order valence-corrected chi connectivity index (χ2v) is 9.57. The fourth-order valence-electron chi connectivity index (χ4n) is 3.63. The van der Waals surface area contributed by atoms with Crippen LogP contribution in [0.5, 0.6) is 0 Å². The molecule has 2 aromatic carbocycles. The molecular formula is C21H20N2O3S2. The van der Waals surface area contributed by atoms with Gasteiger partial charge in [-0.15, -0.1) is 11.3 Å². The molecule has 1 aliphatic heterocycles. The van der Waals surface area contributed by atoms with Crippen LogP contribution in [-0.4, -0.2) is 32.0 Å². The lowest BCUT2D eigenvalue weighted by Gasteiger charge is -2.36. The molecule has 1 unspecified atom stereocenters. The van der Waals surface area contributed by atoms with Crippen LogP contribution in [0.1, 0.15) is 32.4 Å². The van der Waals surface area contributed by atoms with Crippen molar-refractivity contribution in [3.8, 4) is 0 Å². The van der Waals surface area contributed by atoms with Crippen molar-refractivity contribution >= 4 is 33.0 Å². The lowest BCUT2D eigenvalue weighted by Crippen LogP contribution is -2.40. The van der Waals surface area contributed by atoms with Crippen molar-refractivity contribution in [2.75, 3.05) is 17.5 Å². The molecule has 2 heterocycles. The van der Waals surface area contributed by atoms with Gasteiger partial charge in [0.25, 0.3) is 5.91 Å². The minimum absolute atomic E-state index is 0.108. The Hall–Kier alpha value is -2.64. The molecule has 28 heavy (non-hydrogen) atoms. The molecule has 0 spiro atoms. The summed E-state index contributed by atoms with van der Waals surface area (Å²) >= 11 is 1.73. The minimum atomic E-state index is -3.40. The molecule has 1 N–H and O–H groups in total. The van der Waals surface area contributed by atoms with E-state index >= 15 is 0 Å². The normalized spacial score (nSPS) is 16.5. The summed E-state index contributed by atoms with van der Waals surface area (Å²) in [6.07, 6.45) is 1.92. The van der Waals surface area contributed by atoms with Gasteiger partial charge in [-0.25, -0.2) is 8.42 Å². The molecule has 7 heteroatoms. The molecule has 1 amide bonds. The fraction of sp³-hybridized carbons (Fsp3) is 0.190. The molecule has 0 saturated carbocycles. The van der Waals surface area contributed by atoms with Crippen molar-refractivity contribution in [1.82, 2.24) is 4.90 Å². The number of anilines is 1. The number of hydrogen-bond acceptors (Lipinski definition) is 4. The average Bonchev–Trinajstić information content (AvgIpc) is 3.15. The molecule has 1 atom stereocenters. The minimum Gasteiger partial charge on any atom is -0.327 e. The number of benzene rings is 2. The van der Waals surface area contributed by atoms with Crippen LogP contribution in [0.25, 0.3) is 0 Å². The number of carbonyl (C=O) groups is 1. The number of sulfonamides is 1. The maximum absolute atomic E-state index is 13.4. The van der Waals surface area contributed by atoms with Crippen LogP contribution in [0.2, 0.25) is 0 Å². The summed E-state index contributed by atoms with van der Waals surface area (Å²) in [5.74, 6) is -0.108. The van der Waals surface area contributed by atoms with Gasteiger partial charge in [-0.2, -0.15) is 0 Å². The molecule has 1 aliphatic rings. The zero-order chi connectivity index (χ0) is 19.7. The highest BCUT2D eigenvalue weighted by Crippen LogP contribution is 2.38. The summed E-state index contributed by atoms with van der Waals surface area (Å²) in [6, 6.07) is 18.6. The van der Waals surface area contributed by atoms with Crippen molar-refractivity contribution in [3.63, 3.8) is 0 Å². The first-order valence-electron chi connectivity index (χ1n) is 8.92.